The molecule has 0 radical (unpaired) electrons. The van der Waals surface area contributed by atoms with E-state index in [9.17, 15) is 0 Å². The summed E-state index contributed by atoms with van der Waals surface area (Å²) in [5, 5.41) is 2.64. The number of halogens is 1. The Labute approximate surface area is 87.9 Å². The lowest BCUT2D eigenvalue weighted by Crippen LogP contribution is -2.23. The molecule has 70 valence electrons. The molecule has 2 N–H and O–H groups in total. The van der Waals surface area contributed by atoms with Crippen LogP contribution in [0.1, 0.15) is 18.7 Å². The van der Waals surface area contributed by atoms with Crippen LogP contribution in [0.15, 0.2) is 11.4 Å². The highest BCUT2D eigenvalue weighted by atomic mass is 35.5. The summed E-state index contributed by atoms with van der Waals surface area (Å²) < 4.78 is 0. The summed E-state index contributed by atoms with van der Waals surface area (Å²) in [5.41, 5.74) is 5.77. The second kappa shape index (κ2) is 4.66. The Balaban J connectivity index is 2.73. The molecule has 13 heavy (non-hydrogen) atoms. The number of rotatable bonds is 1. The van der Waals surface area contributed by atoms with Gasteiger partial charge in [0.15, 0.2) is 0 Å². The van der Waals surface area contributed by atoms with Gasteiger partial charge in [0.05, 0.1) is 15.9 Å². The van der Waals surface area contributed by atoms with Crippen molar-refractivity contribution in [1.29, 1.82) is 0 Å². The van der Waals surface area contributed by atoms with Crippen LogP contribution in [0, 0.1) is 17.8 Å². The molecule has 1 aromatic rings. The minimum Gasteiger partial charge on any atom is -0.317 e. The van der Waals surface area contributed by atoms with Crippen LogP contribution in [0.3, 0.4) is 0 Å². The summed E-state index contributed by atoms with van der Waals surface area (Å²) in [7, 11) is 0. The summed E-state index contributed by atoms with van der Waals surface area (Å²) in [6.07, 6.45) is 0. The SMILES string of the molecule is CC(C)C(N)C#Cc1sccc1Cl. The van der Waals surface area contributed by atoms with Gasteiger partial charge in [-0.25, -0.2) is 0 Å². The Morgan fingerprint density at radius 2 is 2.23 bits per heavy atom. The van der Waals surface area contributed by atoms with Crippen LogP contribution < -0.4 is 5.73 Å². The highest BCUT2D eigenvalue weighted by Gasteiger charge is 2.02. The minimum absolute atomic E-state index is 0.0711. The van der Waals surface area contributed by atoms with E-state index in [1.165, 1.54) is 0 Å². The van der Waals surface area contributed by atoms with Gasteiger partial charge in [-0.15, -0.1) is 11.3 Å². The van der Waals surface area contributed by atoms with Crippen molar-refractivity contribution in [2.75, 3.05) is 0 Å². The van der Waals surface area contributed by atoms with Gasteiger partial charge < -0.3 is 5.73 Å². The molecule has 0 bridgehead atoms. The average molecular weight is 214 g/mol. The summed E-state index contributed by atoms with van der Waals surface area (Å²) >= 11 is 7.41. The monoisotopic (exact) mass is 213 g/mol. The van der Waals surface area contributed by atoms with E-state index in [4.69, 9.17) is 17.3 Å². The minimum atomic E-state index is -0.0711. The molecule has 1 atom stereocenters. The van der Waals surface area contributed by atoms with Crippen molar-refractivity contribution in [3.05, 3.63) is 21.3 Å². The maximum atomic E-state index is 5.87. The van der Waals surface area contributed by atoms with E-state index >= 15 is 0 Å². The van der Waals surface area contributed by atoms with E-state index < -0.39 is 0 Å². The molecule has 0 saturated heterocycles. The van der Waals surface area contributed by atoms with Crippen molar-refractivity contribution in [1.82, 2.24) is 0 Å². The van der Waals surface area contributed by atoms with E-state index in [-0.39, 0.29) is 6.04 Å². The molecule has 1 nitrogen and oxygen atoms in total. The molecule has 1 heterocycles. The Bertz CT molecular complexity index is 332. The normalized spacial score (nSPS) is 12.4. The van der Waals surface area contributed by atoms with Crippen molar-refractivity contribution in [3.63, 3.8) is 0 Å². The largest absolute Gasteiger partial charge is 0.317 e. The highest BCUT2D eigenvalue weighted by molar-refractivity contribution is 7.11. The molecule has 0 aliphatic carbocycles. The van der Waals surface area contributed by atoms with Crippen molar-refractivity contribution in [2.24, 2.45) is 11.7 Å². The maximum absolute atomic E-state index is 5.87. The summed E-state index contributed by atoms with van der Waals surface area (Å²) in [6, 6.07) is 1.77. The van der Waals surface area contributed by atoms with Gasteiger partial charge in [-0.2, -0.15) is 0 Å². The van der Waals surface area contributed by atoms with Crippen LogP contribution in [0.25, 0.3) is 0 Å². The number of hydrogen-bond acceptors (Lipinski definition) is 2. The van der Waals surface area contributed by atoms with Gasteiger partial charge >= 0.3 is 0 Å². The molecule has 0 aliphatic rings. The average Bonchev–Trinajstić information content (AvgIpc) is 2.47. The fraction of sp³-hybridized carbons (Fsp3) is 0.400. The third-order valence-electron chi connectivity index (χ3n) is 1.69. The number of hydrogen-bond donors (Lipinski definition) is 1. The van der Waals surface area contributed by atoms with Crippen molar-refractivity contribution in [2.45, 2.75) is 19.9 Å². The second-order valence-electron chi connectivity index (χ2n) is 3.14. The quantitative estimate of drug-likeness (QED) is 0.714. The third kappa shape index (κ3) is 3.04. The van der Waals surface area contributed by atoms with E-state index in [0.29, 0.717) is 10.9 Å². The molecule has 0 amide bonds. The molecule has 3 heteroatoms. The van der Waals surface area contributed by atoms with Gasteiger partial charge in [0.25, 0.3) is 0 Å². The third-order valence-corrected chi connectivity index (χ3v) is 2.94. The Hall–Kier alpha value is -0.490. The summed E-state index contributed by atoms with van der Waals surface area (Å²) in [4.78, 5) is 0.901. The molecular formula is C10H12ClNS. The predicted molar refractivity (Wildman–Crippen MR) is 59.0 cm³/mol. The molecule has 0 saturated carbocycles. The molecular weight excluding hydrogens is 202 g/mol. The Kier molecular flexibility index (Phi) is 3.80. The topological polar surface area (TPSA) is 26.0 Å². The van der Waals surface area contributed by atoms with Crippen molar-refractivity contribution >= 4 is 22.9 Å². The van der Waals surface area contributed by atoms with Crippen LogP contribution >= 0.6 is 22.9 Å². The van der Waals surface area contributed by atoms with E-state index in [0.717, 1.165) is 4.88 Å². The first-order valence-electron chi connectivity index (χ1n) is 4.11. The zero-order valence-electron chi connectivity index (χ0n) is 7.67. The van der Waals surface area contributed by atoms with E-state index in [1.54, 1.807) is 11.3 Å². The fourth-order valence-corrected chi connectivity index (χ4v) is 1.66. The maximum Gasteiger partial charge on any atom is 0.0955 e. The number of nitrogens with two attached hydrogens (primary N) is 1. The van der Waals surface area contributed by atoms with Crippen LogP contribution in [0.4, 0.5) is 0 Å². The van der Waals surface area contributed by atoms with Crippen LogP contribution in [-0.2, 0) is 0 Å². The van der Waals surface area contributed by atoms with Crippen molar-refractivity contribution in [3.8, 4) is 11.8 Å². The zero-order chi connectivity index (χ0) is 9.84. The first-order valence-corrected chi connectivity index (χ1v) is 5.37. The van der Waals surface area contributed by atoms with Crippen LogP contribution in [0.2, 0.25) is 5.02 Å². The standard InChI is InChI=1S/C10H12ClNS/c1-7(2)9(12)3-4-10-8(11)5-6-13-10/h5-7,9H,12H2,1-2H3. The smallest absolute Gasteiger partial charge is 0.0955 e. The van der Waals surface area contributed by atoms with Gasteiger partial charge in [-0.05, 0) is 17.4 Å². The Morgan fingerprint density at radius 1 is 1.54 bits per heavy atom. The summed E-state index contributed by atoms with van der Waals surface area (Å²) in [5.74, 6) is 6.35. The first-order chi connectivity index (χ1) is 6.11. The highest BCUT2D eigenvalue weighted by Crippen LogP contribution is 2.20. The Morgan fingerprint density at radius 3 is 2.69 bits per heavy atom. The number of thiophene rings is 1. The summed E-state index contributed by atoms with van der Waals surface area (Å²) in [6.45, 7) is 4.10. The molecule has 1 unspecified atom stereocenters. The van der Waals surface area contributed by atoms with Gasteiger partial charge in [-0.3, -0.25) is 0 Å². The van der Waals surface area contributed by atoms with E-state index in [1.807, 2.05) is 11.4 Å². The van der Waals surface area contributed by atoms with Gasteiger partial charge in [-0.1, -0.05) is 37.3 Å². The second-order valence-corrected chi connectivity index (χ2v) is 4.46. The van der Waals surface area contributed by atoms with Crippen LogP contribution in [0.5, 0.6) is 0 Å². The van der Waals surface area contributed by atoms with Gasteiger partial charge in [0.1, 0.15) is 0 Å². The van der Waals surface area contributed by atoms with Crippen molar-refractivity contribution < 1.29 is 0 Å². The molecule has 1 aromatic heterocycles. The predicted octanol–water partition coefficient (Wildman–Crippen LogP) is 2.74. The van der Waals surface area contributed by atoms with Crippen LogP contribution in [-0.4, -0.2) is 6.04 Å². The first kappa shape index (κ1) is 10.6. The van der Waals surface area contributed by atoms with Gasteiger partial charge in [0, 0.05) is 0 Å². The van der Waals surface area contributed by atoms with Gasteiger partial charge in [0.2, 0.25) is 0 Å². The molecule has 0 aliphatic heterocycles. The zero-order valence-corrected chi connectivity index (χ0v) is 9.25. The molecule has 0 fully saturated rings. The molecule has 0 aromatic carbocycles. The molecule has 0 spiro atoms. The lowest BCUT2D eigenvalue weighted by molar-refractivity contribution is 0.584. The fourth-order valence-electron chi connectivity index (χ4n) is 0.698. The molecule has 1 rings (SSSR count). The van der Waals surface area contributed by atoms with E-state index in [2.05, 4.69) is 25.7 Å². The lowest BCUT2D eigenvalue weighted by atomic mass is 10.1. The lowest BCUT2D eigenvalue weighted by Gasteiger charge is -2.06.